The van der Waals surface area contributed by atoms with Crippen LogP contribution in [-0.4, -0.2) is 45.3 Å². The third-order valence-electron chi connectivity index (χ3n) is 4.56. The first-order valence-corrected chi connectivity index (χ1v) is 7.96. The molecule has 2 aliphatic rings. The zero-order valence-electron chi connectivity index (χ0n) is 12.5. The third kappa shape index (κ3) is 2.60. The average Bonchev–Trinajstić information content (AvgIpc) is 3.01. The van der Waals surface area contributed by atoms with Crippen LogP contribution < -0.4 is 10.2 Å². The molecule has 2 fully saturated rings. The maximum atomic E-state index is 4.62. The molecule has 1 aliphatic heterocycles. The van der Waals surface area contributed by atoms with Gasteiger partial charge in [0.2, 0.25) is 5.65 Å². The van der Waals surface area contributed by atoms with Crippen LogP contribution in [0, 0.1) is 12.8 Å². The van der Waals surface area contributed by atoms with Gasteiger partial charge >= 0.3 is 0 Å². The minimum atomic E-state index is 0.579. The molecule has 0 spiro atoms. The first-order valence-electron chi connectivity index (χ1n) is 7.96. The standard InChI is InChI=1S/C15H22N6/c1-11-18-19-15-14(17-7-8-21(11)15)20(9-12-4-5-12)10-13-3-2-6-16-13/h7-8,12-13,16H,2-6,9-10H2,1H3. The van der Waals surface area contributed by atoms with Crippen molar-refractivity contribution in [3.8, 4) is 0 Å². The van der Waals surface area contributed by atoms with Crippen LogP contribution in [0.1, 0.15) is 31.5 Å². The molecule has 1 unspecified atom stereocenters. The molecule has 6 nitrogen and oxygen atoms in total. The Hall–Kier alpha value is -1.69. The first-order chi connectivity index (χ1) is 10.3. The lowest BCUT2D eigenvalue weighted by Gasteiger charge is -2.27. The molecule has 1 saturated carbocycles. The maximum Gasteiger partial charge on any atom is 0.203 e. The Morgan fingerprint density at radius 2 is 2.19 bits per heavy atom. The summed E-state index contributed by atoms with van der Waals surface area (Å²) in [7, 11) is 0. The molecule has 0 bridgehead atoms. The van der Waals surface area contributed by atoms with E-state index < -0.39 is 0 Å². The second-order valence-electron chi connectivity index (χ2n) is 6.33. The molecule has 1 aliphatic carbocycles. The highest BCUT2D eigenvalue weighted by Crippen LogP contribution is 2.32. The van der Waals surface area contributed by atoms with Gasteiger partial charge in [0.25, 0.3) is 0 Å². The summed E-state index contributed by atoms with van der Waals surface area (Å²) in [6, 6.07) is 0.579. The first kappa shape index (κ1) is 13.0. The summed E-state index contributed by atoms with van der Waals surface area (Å²) in [5, 5.41) is 12.1. The fourth-order valence-corrected chi connectivity index (χ4v) is 3.19. The number of hydrogen-bond acceptors (Lipinski definition) is 5. The van der Waals surface area contributed by atoms with E-state index in [9.17, 15) is 0 Å². The monoisotopic (exact) mass is 286 g/mol. The van der Waals surface area contributed by atoms with Crippen LogP contribution in [0.15, 0.2) is 12.4 Å². The molecule has 2 aromatic rings. The number of hydrogen-bond donors (Lipinski definition) is 1. The van der Waals surface area contributed by atoms with Crippen molar-refractivity contribution in [2.24, 2.45) is 5.92 Å². The van der Waals surface area contributed by atoms with Gasteiger partial charge in [0.1, 0.15) is 5.82 Å². The van der Waals surface area contributed by atoms with Crippen LogP contribution in [0.2, 0.25) is 0 Å². The highest BCUT2D eigenvalue weighted by Gasteiger charge is 2.28. The molecule has 1 atom stereocenters. The van der Waals surface area contributed by atoms with Gasteiger partial charge in [0.15, 0.2) is 5.82 Å². The van der Waals surface area contributed by atoms with E-state index in [0.717, 1.165) is 42.8 Å². The van der Waals surface area contributed by atoms with Crippen molar-refractivity contribution in [1.82, 2.24) is 24.9 Å². The molecule has 4 rings (SSSR count). The van der Waals surface area contributed by atoms with E-state index >= 15 is 0 Å². The Bertz CT molecular complexity index is 626. The molecular formula is C15H22N6. The number of fused-ring (bicyclic) bond motifs is 1. The van der Waals surface area contributed by atoms with Crippen LogP contribution in [0.25, 0.3) is 5.65 Å². The molecule has 0 radical (unpaired) electrons. The highest BCUT2D eigenvalue weighted by molar-refractivity contribution is 5.64. The summed E-state index contributed by atoms with van der Waals surface area (Å²) in [6.45, 7) is 5.24. The van der Waals surface area contributed by atoms with Crippen LogP contribution >= 0.6 is 0 Å². The molecule has 21 heavy (non-hydrogen) atoms. The van der Waals surface area contributed by atoms with Gasteiger partial charge in [-0.3, -0.25) is 4.40 Å². The highest BCUT2D eigenvalue weighted by atomic mass is 15.3. The zero-order chi connectivity index (χ0) is 14.2. The van der Waals surface area contributed by atoms with Gasteiger partial charge in [0, 0.05) is 31.5 Å². The molecule has 1 N–H and O–H groups in total. The van der Waals surface area contributed by atoms with Crippen molar-refractivity contribution in [2.75, 3.05) is 24.5 Å². The number of anilines is 1. The molecule has 112 valence electrons. The lowest BCUT2D eigenvalue weighted by molar-refractivity contribution is 0.567. The summed E-state index contributed by atoms with van der Waals surface area (Å²) >= 11 is 0. The van der Waals surface area contributed by atoms with Crippen molar-refractivity contribution in [1.29, 1.82) is 0 Å². The van der Waals surface area contributed by atoms with Crippen molar-refractivity contribution < 1.29 is 0 Å². The maximum absolute atomic E-state index is 4.62. The molecule has 1 saturated heterocycles. The Balaban J connectivity index is 1.66. The zero-order valence-corrected chi connectivity index (χ0v) is 12.5. The third-order valence-corrected chi connectivity index (χ3v) is 4.56. The Labute approximate surface area is 124 Å². The Morgan fingerprint density at radius 1 is 1.29 bits per heavy atom. The molecule has 2 aromatic heterocycles. The van der Waals surface area contributed by atoms with Crippen molar-refractivity contribution >= 4 is 11.5 Å². The summed E-state index contributed by atoms with van der Waals surface area (Å²) in [5.41, 5.74) is 0.883. The number of aromatic nitrogens is 4. The van der Waals surface area contributed by atoms with E-state index in [4.69, 9.17) is 0 Å². The van der Waals surface area contributed by atoms with Gasteiger partial charge in [-0.15, -0.1) is 10.2 Å². The SMILES string of the molecule is Cc1nnc2c(N(CC3CC3)CC3CCCN3)nccn12. The van der Waals surface area contributed by atoms with Crippen molar-refractivity contribution in [3.63, 3.8) is 0 Å². The van der Waals surface area contributed by atoms with E-state index in [2.05, 4.69) is 25.4 Å². The van der Waals surface area contributed by atoms with Crippen LogP contribution in [-0.2, 0) is 0 Å². The lowest BCUT2D eigenvalue weighted by Crippen LogP contribution is -2.39. The van der Waals surface area contributed by atoms with Gasteiger partial charge in [-0.25, -0.2) is 4.98 Å². The van der Waals surface area contributed by atoms with Crippen molar-refractivity contribution in [3.05, 3.63) is 18.2 Å². The van der Waals surface area contributed by atoms with Crippen LogP contribution in [0.5, 0.6) is 0 Å². The number of rotatable bonds is 5. The number of nitrogens with zero attached hydrogens (tertiary/aromatic N) is 5. The summed E-state index contributed by atoms with van der Waals surface area (Å²) in [4.78, 5) is 7.04. The van der Waals surface area contributed by atoms with E-state index in [-0.39, 0.29) is 0 Å². The minimum absolute atomic E-state index is 0.579. The quantitative estimate of drug-likeness (QED) is 0.900. The van der Waals surface area contributed by atoms with Crippen LogP contribution in [0.3, 0.4) is 0 Å². The molecule has 3 heterocycles. The fraction of sp³-hybridized carbons (Fsp3) is 0.667. The second kappa shape index (κ2) is 5.26. The van der Waals surface area contributed by atoms with Gasteiger partial charge in [-0.1, -0.05) is 0 Å². The predicted octanol–water partition coefficient (Wildman–Crippen LogP) is 1.40. The van der Waals surface area contributed by atoms with E-state index in [1.165, 1.54) is 25.7 Å². The van der Waals surface area contributed by atoms with E-state index in [1.54, 1.807) is 0 Å². The Morgan fingerprint density at radius 3 is 2.95 bits per heavy atom. The second-order valence-corrected chi connectivity index (χ2v) is 6.33. The lowest BCUT2D eigenvalue weighted by atomic mass is 10.2. The molecule has 0 aromatic carbocycles. The average molecular weight is 286 g/mol. The van der Waals surface area contributed by atoms with Crippen molar-refractivity contribution in [2.45, 2.75) is 38.6 Å². The molecule has 0 amide bonds. The molecule has 6 heteroatoms. The summed E-state index contributed by atoms with van der Waals surface area (Å²) < 4.78 is 2.03. The minimum Gasteiger partial charge on any atom is -0.352 e. The summed E-state index contributed by atoms with van der Waals surface area (Å²) in [5.74, 6) is 2.73. The van der Waals surface area contributed by atoms with Crippen LogP contribution in [0.4, 0.5) is 5.82 Å². The van der Waals surface area contributed by atoms with E-state index in [0.29, 0.717) is 6.04 Å². The normalized spacial score (nSPS) is 22.0. The van der Waals surface area contributed by atoms with E-state index in [1.807, 2.05) is 23.7 Å². The van der Waals surface area contributed by atoms with Gasteiger partial charge in [-0.05, 0) is 45.1 Å². The van der Waals surface area contributed by atoms with Gasteiger partial charge < -0.3 is 10.2 Å². The largest absolute Gasteiger partial charge is 0.352 e. The Kier molecular flexibility index (Phi) is 3.25. The smallest absolute Gasteiger partial charge is 0.203 e. The van der Waals surface area contributed by atoms with Gasteiger partial charge in [-0.2, -0.15) is 0 Å². The topological polar surface area (TPSA) is 58.4 Å². The predicted molar refractivity (Wildman–Crippen MR) is 81.5 cm³/mol. The summed E-state index contributed by atoms with van der Waals surface area (Å²) in [6.07, 6.45) is 9.05. The number of aryl methyl sites for hydroxylation is 1. The number of nitrogens with one attached hydrogen (secondary N) is 1. The van der Waals surface area contributed by atoms with Gasteiger partial charge in [0.05, 0.1) is 0 Å². The molecular weight excluding hydrogens is 264 g/mol. The fourth-order valence-electron chi connectivity index (χ4n) is 3.19.